The SMILES string of the molecule is CC1CCC(CNC(=O)C2(C#N)CCCCC2)CC1. The van der Waals surface area contributed by atoms with Gasteiger partial charge < -0.3 is 5.32 Å². The fourth-order valence-corrected chi connectivity index (χ4v) is 3.48. The molecule has 3 heteroatoms. The van der Waals surface area contributed by atoms with Gasteiger partial charge in [0.15, 0.2) is 0 Å². The van der Waals surface area contributed by atoms with Gasteiger partial charge in [-0.2, -0.15) is 5.26 Å². The van der Waals surface area contributed by atoms with Gasteiger partial charge in [0.05, 0.1) is 6.07 Å². The van der Waals surface area contributed by atoms with Crippen LogP contribution in [0.3, 0.4) is 0 Å². The molecule has 0 spiro atoms. The maximum Gasteiger partial charge on any atom is 0.240 e. The largest absolute Gasteiger partial charge is 0.354 e. The van der Waals surface area contributed by atoms with Gasteiger partial charge in [-0.05, 0) is 37.5 Å². The Hall–Kier alpha value is -1.04. The van der Waals surface area contributed by atoms with Crippen LogP contribution >= 0.6 is 0 Å². The van der Waals surface area contributed by atoms with E-state index < -0.39 is 5.41 Å². The van der Waals surface area contributed by atoms with E-state index in [0.717, 1.165) is 44.6 Å². The molecular weight excluding hydrogens is 236 g/mol. The molecular formula is C16H26N2O. The zero-order valence-corrected chi connectivity index (χ0v) is 12.1. The quantitative estimate of drug-likeness (QED) is 0.847. The minimum absolute atomic E-state index is 0.00618. The first kappa shape index (κ1) is 14.4. The lowest BCUT2D eigenvalue weighted by Gasteiger charge is -2.31. The van der Waals surface area contributed by atoms with Gasteiger partial charge in [0.25, 0.3) is 0 Å². The number of nitrogens with zero attached hydrogens (tertiary/aromatic N) is 1. The molecule has 0 saturated heterocycles. The van der Waals surface area contributed by atoms with Crippen LogP contribution in [-0.4, -0.2) is 12.5 Å². The van der Waals surface area contributed by atoms with Gasteiger partial charge >= 0.3 is 0 Å². The van der Waals surface area contributed by atoms with Gasteiger partial charge in [-0.3, -0.25) is 4.79 Å². The van der Waals surface area contributed by atoms with Crippen molar-refractivity contribution in [3.05, 3.63) is 0 Å². The molecule has 0 aromatic heterocycles. The van der Waals surface area contributed by atoms with Crippen molar-refractivity contribution in [2.75, 3.05) is 6.54 Å². The average molecular weight is 262 g/mol. The number of carbonyl (C=O) groups is 1. The molecule has 19 heavy (non-hydrogen) atoms. The number of nitrogens with one attached hydrogen (secondary N) is 1. The number of nitriles is 1. The van der Waals surface area contributed by atoms with Crippen molar-refractivity contribution in [2.24, 2.45) is 17.3 Å². The van der Waals surface area contributed by atoms with Gasteiger partial charge in [0, 0.05) is 6.54 Å². The summed E-state index contributed by atoms with van der Waals surface area (Å²) in [4.78, 5) is 12.3. The number of hydrogen-bond donors (Lipinski definition) is 1. The normalized spacial score (nSPS) is 30.3. The van der Waals surface area contributed by atoms with Gasteiger partial charge in [-0.25, -0.2) is 0 Å². The predicted octanol–water partition coefficient (Wildman–Crippen LogP) is 3.40. The highest BCUT2D eigenvalue weighted by Gasteiger charge is 2.39. The number of hydrogen-bond acceptors (Lipinski definition) is 2. The Labute approximate surface area is 116 Å². The van der Waals surface area contributed by atoms with Crippen LogP contribution < -0.4 is 5.32 Å². The van der Waals surface area contributed by atoms with Gasteiger partial charge in [-0.15, -0.1) is 0 Å². The molecule has 2 aliphatic rings. The van der Waals surface area contributed by atoms with Crippen LogP contribution in [0.5, 0.6) is 0 Å². The summed E-state index contributed by atoms with van der Waals surface area (Å²) in [6.07, 6.45) is 9.70. The van der Waals surface area contributed by atoms with Crippen LogP contribution in [0, 0.1) is 28.6 Å². The minimum Gasteiger partial charge on any atom is -0.354 e. The molecule has 0 heterocycles. The van der Waals surface area contributed by atoms with E-state index in [1.165, 1.54) is 25.7 Å². The van der Waals surface area contributed by atoms with Crippen molar-refractivity contribution >= 4 is 5.91 Å². The van der Waals surface area contributed by atoms with E-state index in [4.69, 9.17) is 0 Å². The Morgan fingerprint density at radius 1 is 1.21 bits per heavy atom. The number of rotatable bonds is 3. The molecule has 1 N–H and O–H groups in total. The molecule has 0 aliphatic heterocycles. The summed E-state index contributed by atoms with van der Waals surface area (Å²) in [5, 5.41) is 12.4. The molecule has 0 aromatic rings. The van der Waals surface area contributed by atoms with E-state index in [1.54, 1.807) is 0 Å². The highest BCUT2D eigenvalue weighted by Crippen LogP contribution is 2.36. The first-order valence-electron chi connectivity index (χ1n) is 7.86. The Bertz CT molecular complexity index is 344. The third kappa shape index (κ3) is 3.49. The van der Waals surface area contributed by atoms with Crippen molar-refractivity contribution in [1.82, 2.24) is 5.32 Å². The fraction of sp³-hybridized carbons (Fsp3) is 0.875. The molecule has 3 nitrogen and oxygen atoms in total. The van der Waals surface area contributed by atoms with Crippen molar-refractivity contribution < 1.29 is 4.79 Å². The minimum atomic E-state index is -0.722. The average Bonchev–Trinajstić information content (AvgIpc) is 2.47. The Morgan fingerprint density at radius 3 is 2.42 bits per heavy atom. The number of amides is 1. The lowest BCUT2D eigenvalue weighted by atomic mass is 9.74. The third-order valence-electron chi connectivity index (χ3n) is 5.04. The molecule has 106 valence electrons. The third-order valence-corrected chi connectivity index (χ3v) is 5.04. The topological polar surface area (TPSA) is 52.9 Å². The Morgan fingerprint density at radius 2 is 1.84 bits per heavy atom. The maximum atomic E-state index is 12.3. The first-order valence-corrected chi connectivity index (χ1v) is 7.86. The summed E-state index contributed by atoms with van der Waals surface area (Å²) in [6.45, 7) is 3.08. The lowest BCUT2D eigenvalue weighted by Crippen LogP contribution is -2.43. The fourth-order valence-electron chi connectivity index (χ4n) is 3.48. The van der Waals surface area contributed by atoms with E-state index in [9.17, 15) is 10.1 Å². The molecule has 0 atom stereocenters. The van der Waals surface area contributed by atoms with Gasteiger partial charge in [0.2, 0.25) is 5.91 Å². The second-order valence-corrected chi connectivity index (χ2v) is 6.59. The molecule has 0 radical (unpaired) electrons. The van der Waals surface area contributed by atoms with E-state index in [-0.39, 0.29) is 5.91 Å². The summed E-state index contributed by atoms with van der Waals surface area (Å²) >= 11 is 0. The molecule has 2 aliphatic carbocycles. The van der Waals surface area contributed by atoms with Crippen LogP contribution in [0.1, 0.15) is 64.7 Å². The second kappa shape index (κ2) is 6.41. The van der Waals surface area contributed by atoms with E-state index >= 15 is 0 Å². The van der Waals surface area contributed by atoms with Crippen LogP contribution in [0.25, 0.3) is 0 Å². The van der Waals surface area contributed by atoms with Crippen molar-refractivity contribution in [1.29, 1.82) is 5.26 Å². The Kier molecular flexibility index (Phi) is 4.85. The van der Waals surface area contributed by atoms with Crippen LogP contribution in [0.2, 0.25) is 0 Å². The van der Waals surface area contributed by atoms with Crippen molar-refractivity contribution in [3.8, 4) is 6.07 Å². The van der Waals surface area contributed by atoms with Crippen LogP contribution in [-0.2, 0) is 4.79 Å². The zero-order chi connectivity index (χ0) is 13.7. The highest BCUT2D eigenvalue weighted by atomic mass is 16.2. The van der Waals surface area contributed by atoms with E-state index in [1.807, 2.05) is 0 Å². The molecule has 2 saturated carbocycles. The number of carbonyl (C=O) groups excluding carboxylic acids is 1. The molecule has 2 rings (SSSR count). The molecule has 0 bridgehead atoms. The Balaban J connectivity index is 1.81. The van der Waals surface area contributed by atoms with Crippen LogP contribution in [0.4, 0.5) is 0 Å². The maximum absolute atomic E-state index is 12.3. The standard InChI is InChI=1S/C16H26N2O/c1-13-5-7-14(8-6-13)11-18-15(19)16(12-17)9-3-2-4-10-16/h13-14H,2-11H2,1H3,(H,18,19). The summed E-state index contributed by atoms with van der Waals surface area (Å²) < 4.78 is 0. The summed E-state index contributed by atoms with van der Waals surface area (Å²) in [6, 6.07) is 2.30. The summed E-state index contributed by atoms with van der Waals surface area (Å²) in [5.41, 5.74) is -0.722. The molecule has 1 amide bonds. The van der Waals surface area contributed by atoms with Crippen molar-refractivity contribution in [2.45, 2.75) is 64.7 Å². The highest BCUT2D eigenvalue weighted by molar-refractivity contribution is 5.85. The van der Waals surface area contributed by atoms with E-state index in [0.29, 0.717) is 5.92 Å². The van der Waals surface area contributed by atoms with Gasteiger partial charge in [0.1, 0.15) is 5.41 Å². The lowest BCUT2D eigenvalue weighted by molar-refractivity contribution is -0.129. The van der Waals surface area contributed by atoms with Crippen molar-refractivity contribution in [3.63, 3.8) is 0 Å². The second-order valence-electron chi connectivity index (χ2n) is 6.59. The monoisotopic (exact) mass is 262 g/mol. The molecule has 2 fully saturated rings. The molecule has 0 aromatic carbocycles. The zero-order valence-electron chi connectivity index (χ0n) is 12.1. The predicted molar refractivity (Wildman–Crippen MR) is 75.3 cm³/mol. The van der Waals surface area contributed by atoms with E-state index in [2.05, 4.69) is 18.3 Å². The molecule has 0 unspecified atom stereocenters. The van der Waals surface area contributed by atoms with Crippen LogP contribution in [0.15, 0.2) is 0 Å². The first-order chi connectivity index (χ1) is 9.16. The summed E-state index contributed by atoms with van der Waals surface area (Å²) in [5.74, 6) is 1.46. The smallest absolute Gasteiger partial charge is 0.240 e. The van der Waals surface area contributed by atoms with Gasteiger partial charge in [-0.1, -0.05) is 39.0 Å². The summed E-state index contributed by atoms with van der Waals surface area (Å²) in [7, 11) is 0.